The lowest BCUT2D eigenvalue weighted by Crippen LogP contribution is -2.42. The third kappa shape index (κ3) is 3.76. The molecular formula is C14H18BrFN2O. The second kappa shape index (κ2) is 6.48. The molecule has 0 saturated carbocycles. The average molecular weight is 329 g/mol. The molecule has 19 heavy (non-hydrogen) atoms. The topological polar surface area (TPSA) is 32.3 Å². The maximum atomic E-state index is 13.6. The molecule has 1 unspecified atom stereocenters. The SMILES string of the molecule is CN(CCc1cc(Br)ccc1F)C(=O)C1CCCN1. The van der Waals surface area contributed by atoms with Crippen LogP contribution in [-0.4, -0.2) is 37.0 Å². The maximum Gasteiger partial charge on any atom is 0.239 e. The smallest absolute Gasteiger partial charge is 0.239 e. The van der Waals surface area contributed by atoms with Crippen LogP contribution in [0.15, 0.2) is 22.7 Å². The number of hydrogen-bond donors (Lipinski definition) is 1. The van der Waals surface area contributed by atoms with Gasteiger partial charge < -0.3 is 10.2 Å². The Morgan fingerprint density at radius 1 is 1.58 bits per heavy atom. The first-order valence-electron chi connectivity index (χ1n) is 6.50. The van der Waals surface area contributed by atoms with Crippen LogP contribution in [0, 0.1) is 5.82 Å². The number of nitrogens with zero attached hydrogens (tertiary/aromatic N) is 1. The van der Waals surface area contributed by atoms with Crippen molar-refractivity contribution in [1.29, 1.82) is 0 Å². The molecule has 0 aliphatic carbocycles. The number of carbonyl (C=O) groups is 1. The normalized spacial score (nSPS) is 18.6. The lowest BCUT2D eigenvalue weighted by molar-refractivity contribution is -0.131. The molecule has 1 aromatic rings. The van der Waals surface area contributed by atoms with Gasteiger partial charge in [0, 0.05) is 18.1 Å². The summed E-state index contributed by atoms with van der Waals surface area (Å²) < 4.78 is 14.4. The molecule has 1 fully saturated rings. The highest BCUT2D eigenvalue weighted by Gasteiger charge is 2.24. The van der Waals surface area contributed by atoms with Crippen LogP contribution in [0.25, 0.3) is 0 Å². The molecule has 0 spiro atoms. The summed E-state index contributed by atoms with van der Waals surface area (Å²) in [5.74, 6) is -0.115. The van der Waals surface area contributed by atoms with E-state index in [-0.39, 0.29) is 17.8 Å². The highest BCUT2D eigenvalue weighted by Crippen LogP contribution is 2.16. The summed E-state index contributed by atoms with van der Waals surface area (Å²) >= 11 is 3.33. The minimum absolute atomic E-state index is 0.0580. The van der Waals surface area contributed by atoms with E-state index >= 15 is 0 Å². The van der Waals surface area contributed by atoms with E-state index in [1.807, 2.05) is 0 Å². The fourth-order valence-corrected chi connectivity index (χ4v) is 2.70. The summed E-state index contributed by atoms with van der Waals surface area (Å²) in [6.45, 7) is 1.44. The van der Waals surface area contributed by atoms with Gasteiger partial charge in [0.1, 0.15) is 5.82 Å². The average Bonchev–Trinajstić information content (AvgIpc) is 2.92. The van der Waals surface area contributed by atoms with Crippen molar-refractivity contribution in [3.05, 3.63) is 34.1 Å². The van der Waals surface area contributed by atoms with Gasteiger partial charge in [0.25, 0.3) is 0 Å². The van der Waals surface area contributed by atoms with Crippen molar-refractivity contribution >= 4 is 21.8 Å². The highest BCUT2D eigenvalue weighted by molar-refractivity contribution is 9.10. The molecule has 3 nitrogen and oxygen atoms in total. The maximum absolute atomic E-state index is 13.6. The van der Waals surface area contributed by atoms with Crippen LogP contribution in [0.2, 0.25) is 0 Å². The van der Waals surface area contributed by atoms with Crippen molar-refractivity contribution in [2.45, 2.75) is 25.3 Å². The zero-order valence-corrected chi connectivity index (χ0v) is 12.5. The molecule has 104 valence electrons. The van der Waals surface area contributed by atoms with Crippen molar-refractivity contribution in [2.24, 2.45) is 0 Å². The third-order valence-corrected chi connectivity index (χ3v) is 3.95. The van der Waals surface area contributed by atoms with Gasteiger partial charge in [-0.2, -0.15) is 0 Å². The minimum atomic E-state index is -0.219. The van der Waals surface area contributed by atoms with Crippen LogP contribution in [0.3, 0.4) is 0 Å². The molecule has 1 saturated heterocycles. The third-order valence-electron chi connectivity index (χ3n) is 3.46. The van der Waals surface area contributed by atoms with Gasteiger partial charge in [0.2, 0.25) is 5.91 Å². The zero-order valence-electron chi connectivity index (χ0n) is 11.0. The molecule has 5 heteroatoms. The van der Waals surface area contributed by atoms with Crippen LogP contribution >= 0.6 is 15.9 Å². The first-order valence-corrected chi connectivity index (χ1v) is 7.29. The van der Waals surface area contributed by atoms with Crippen molar-refractivity contribution < 1.29 is 9.18 Å². The van der Waals surface area contributed by atoms with Crippen LogP contribution < -0.4 is 5.32 Å². The van der Waals surface area contributed by atoms with E-state index in [4.69, 9.17) is 0 Å². The van der Waals surface area contributed by atoms with Gasteiger partial charge in [0.15, 0.2) is 0 Å². The quantitative estimate of drug-likeness (QED) is 0.920. The Balaban J connectivity index is 1.90. The predicted octanol–water partition coefficient (Wildman–Crippen LogP) is 2.34. The first kappa shape index (κ1) is 14.5. The first-order chi connectivity index (χ1) is 9.08. The Bertz CT molecular complexity index is 461. The fraction of sp³-hybridized carbons (Fsp3) is 0.500. The van der Waals surface area contributed by atoms with Gasteiger partial charge in [-0.05, 0) is 49.6 Å². The lowest BCUT2D eigenvalue weighted by Gasteiger charge is -2.21. The Labute approximate surface area is 121 Å². The summed E-state index contributed by atoms with van der Waals surface area (Å²) in [5.41, 5.74) is 0.633. The Hall–Kier alpha value is -0.940. The minimum Gasteiger partial charge on any atom is -0.344 e. The summed E-state index contributed by atoms with van der Waals surface area (Å²) in [4.78, 5) is 13.8. The van der Waals surface area contributed by atoms with Gasteiger partial charge >= 0.3 is 0 Å². The molecule has 1 N–H and O–H groups in total. The monoisotopic (exact) mass is 328 g/mol. The van der Waals surface area contributed by atoms with Gasteiger partial charge in [-0.3, -0.25) is 4.79 Å². The van der Waals surface area contributed by atoms with Gasteiger partial charge in [-0.25, -0.2) is 4.39 Å². The van der Waals surface area contributed by atoms with Crippen LogP contribution in [-0.2, 0) is 11.2 Å². The summed E-state index contributed by atoms with van der Waals surface area (Å²) in [6.07, 6.45) is 2.47. The van der Waals surface area contributed by atoms with E-state index in [1.165, 1.54) is 6.07 Å². The Kier molecular flexibility index (Phi) is 4.93. The van der Waals surface area contributed by atoms with Crippen LogP contribution in [0.5, 0.6) is 0 Å². The standard InChI is InChI=1S/C14H18BrFN2O/c1-18(14(19)13-3-2-7-17-13)8-6-10-9-11(15)4-5-12(10)16/h4-5,9,13,17H,2-3,6-8H2,1H3. The number of halogens is 2. The summed E-state index contributed by atoms with van der Waals surface area (Å²) in [6, 6.07) is 4.83. The number of carbonyl (C=O) groups excluding carboxylic acids is 1. The molecule has 1 atom stereocenters. The van der Waals surface area contributed by atoms with E-state index in [1.54, 1.807) is 24.1 Å². The van der Waals surface area contributed by atoms with E-state index in [0.29, 0.717) is 18.5 Å². The number of benzene rings is 1. The van der Waals surface area contributed by atoms with E-state index < -0.39 is 0 Å². The van der Waals surface area contributed by atoms with Crippen LogP contribution in [0.1, 0.15) is 18.4 Å². The van der Waals surface area contributed by atoms with E-state index in [0.717, 1.165) is 23.9 Å². The second-order valence-electron chi connectivity index (χ2n) is 4.89. The molecule has 0 bridgehead atoms. The number of nitrogens with one attached hydrogen (secondary N) is 1. The number of amides is 1. The molecule has 1 amide bonds. The Morgan fingerprint density at radius 3 is 3.05 bits per heavy atom. The molecule has 2 rings (SSSR count). The van der Waals surface area contributed by atoms with Crippen molar-refractivity contribution in [3.8, 4) is 0 Å². The van der Waals surface area contributed by atoms with Gasteiger partial charge in [-0.15, -0.1) is 0 Å². The second-order valence-corrected chi connectivity index (χ2v) is 5.81. The fourth-order valence-electron chi connectivity index (χ4n) is 2.29. The van der Waals surface area contributed by atoms with Gasteiger partial charge in [0.05, 0.1) is 6.04 Å². The van der Waals surface area contributed by atoms with Gasteiger partial charge in [-0.1, -0.05) is 15.9 Å². The molecule has 1 aliphatic rings. The van der Waals surface area contributed by atoms with Crippen LogP contribution in [0.4, 0.5) is 4.39 Å². The van der Waals surface area contributed by atoms with Crippen molar-refractivity contribution in [1.82, 2.24) is 10.2 Å². The predicted molar refractivity (Wildman–Crippen MR) is 76.5 cm³/mol. The molecular weight excluding hydrogens is 311 g/mol. The molecule has 1 aromatic carbocycles. The van der Waals surface area contributed by atoms with Crippen molar-refractivity contribution in [3.63, 3.8) is 0 Å². The number of likely N-dealkylation sites (N-methyl/N-ethyl adjacent to an activating group) is 1. The summed E-state index contributed by atoms with van der Waals surface area (Å²) in [7, 11) is 1.78. The number of hydrogen-bond acceptors (Lipinski definition) is 2. The summed E-state index contributed by atoms with van der Waals surface area (Å²) in [5, 5.41) is 3.18. The molecule has 0 radical (unpaired) electrons. The molecule has 0 aromatic heterocycles. The largest absolute Gasteiger partial charge is 0.344 e. The zero-order chi connectivity index (χ0) is 13.8. The Morgan fingerprint density at radius 2 is 2.37 bits per heavy atom. The number of rotatable bonds is 4. The van der Waals surface area contributed by atoms with E-state index in [2.05, 4.69) is 21.2 Å². The van der Waals surface area contributed by atoms with E-state index in [9.17, 15) is 9.18 Å². The molecule has 1 aliphatic heterocycles. The van der Waals surface area contributed by atoms with Crippen molar-refractivity contribution in [2.75, 3.05) is 20.1 Å². The molecule has 1 heterocycles. The highest BCUT2D eigenvalue weighted by atomic mass is 79.9. The lowest BCUT2D eigenvalue weighted by atomic mass is 10.1.